The lowest BCUT2D eigenvalue weighted by molar-refractivity contribution is -0.127. The Kier molecular flexibility index (Phi) is 6.38. The molecule has 2 aromatic carbocycles. The summed E-state index contributed by atoms with van der Waals surface area (Å²) < 4.78 is 7.20. The molecule has 2 N–H and O–H groups in total. The number of nitriles is 1. The number of carbonyl (C=O) groups excluding carboxylic acids is 3. The molecule has 4 rings (SSSR count). The van der Waals surface area contributed by atoms with Crippen molar-refractivity contribution in [2.45, 2.75) is 13.8 Å². The molecular formula is C26H23N5O4. The Morgan fingerprint density at radius 2 is 1.86 bits per heavy atom. The third-order valence-electron chi connectivity index (χ3n) is 5.67. The van der Waals surface area contributed by atoms with E-state index in [4.69, 9.17) is 10.00 Å². The predicted octanol–water partition coefficient (Wildman–Crippen LogP) is 3.51. The van der Waals surface area contributed by atoms with E-state index in [0.29, 0.717) is 17.0 Å². The van der Waals surface area contributed by atoms with Crippen molar-refractivity contribution in [2.75, 3.05) is 19.0 Å². The van der Waals surface area contributed by atoms with Gasteiger partial charge in [0, 0.05) is 17.1 Å². The van der Waals surface area contributed by atoms with Gasteiger partial charge in [-0.25, -0.2) is 9.69 Å². The topological polar surface area (TPSA) is 116 Å². The van der Waals surface area contributed by atoms with Gasteiger partial charge < -0.3 is 19.9 Å². The zero-order chi connectivity index (χ0) is 25.1. The molecule has 2 heterocycles. The molecule has 3 aromatic rings. The lowest BCUT2D eigenvalue weighted by Gasteiger charge is -2.13. The summed E-state index contributed by atoms with van der Waals surface area (Å²) in [6.45, 7) is 3.39. The van der Waals surface area contributed by atoms with Crippen molar-refractivity contribution < 1.29 is 19.1 Å². The number of aryl methyl sites for hydroxylation is 1. The fourth-order valence-electron chi connectivity index (χ4n) is 3.97. The number of nitrogens with zero attached hydrogens (tertiary/aromatic N) is 3. The van der Waals surface area contributed by atoms with E-state index in [1.165, 1.54) is 7.11 Å². The minimum absolute atomic E-state index is 0.0835. The monoisotopic (exact) mass is 469 g/mol. The number of para-hydroxylation sites is 2. The highest BCUT2D eigenvalue weighted by molar-refractivity contribution is 6.16. The molecule has 1 aliphatic rings. The van der Waals surface area contributed by atoms with Crippen molar-refractivity contribution in [1.82, 2.24) is 14.8 Å². The number of ether oxygens (including phenoxy) is 1. The number of imide groups is 1. The highest BCUT2D eigenvalue weighted by Crippen LogP contribution is 2.25. The van der Waals surface area contributed by atoms with Crippen molar-refractivity contribution in [2.24, 2.45) is 0 Å². The van der Waals surface area contributed by atoms with E-state index in [1.54, 1.807) is 42.5 Å². The molecule has 0 radical (unpaired) electrons. The van der Waals surface area contributed by atoms with Crippen LogP contribution in [0.2, 0.25) is 0 Å². The third-order valence-corrected chi connectivity index (χ3v) is 5.67. The highest BCUT2D eigenvalue weighted by Gasteiger charge is 2.35. The number of aromatic nitrogens is 1. The lowest BCUT2D eigenvalue weighted by Crippen LogP contribution is -2.38. The molecule has 0 atom stereocenters. The van der Waals surface area contributed by atoms with Crippen LogP contribution in [0.15, 0.2) is 60.3 Å². The van der Waals surface area contributed by atoms with Gasteiger partial charge in [-0.2, -0.15) is 5.26 Å². The quantitative estimate of drug-likeness (QED) is 0.423. The van der Waals surface area contributed by atoms with Crippen LogP contribution in [0.4, 0.5) is 10.5 Å². The van der Waals surface area contributed by atoms with Crippen LogP contribution in [0.1, 0.15) is 22.5 Å². The fraction of sp³-hybridized carbons (Fsp3) is 0.154. The first-order valence-electron chi connectivity index (χ1n) is 10.8. The smallest absolute Gasteiger partial charge is 0.329 e. The number of amides is 4. The van der Waals surface area contributed by atoms with Crippen molar-refractivity contribution >= 4 is 29.6 Å². The Morgan fingerprint density at radius 1 is 1.14 bits per heavy atom. The first-order valence-corrected chi connectivity index (χ1v) is 10.8. The van der Waals surface area contributed by atoms with Gasteiger partial charge >= 0.3 is 6.03 Å². The highest BCUT2D eigenvalue weighted by atomic mass is 16.5. The minimum Gasteiger partial charge on any atom is -0.495 e. The van der Waals surface area contributed by atoms with Crippen molar-refractivity contribution in [1.29, 1.82) is 5.26 Å². The summed E-state index contributed by atoms with van der Waals surface area (Å²) in [6.07, 6.45) is 1.60. The molecule has 1 aliphatic heterocycles. The second-order valence-corrected chi connectivity index (χ2v) is 7.95. The molecule has 1 saturated heterocycles. The van der Waals surface area contributed by atoms with Gasteiger partial charge in [0.15, 0.2) is 0 Å². The Hall–Kier alpha value is -4.84. The number of carbonyl (C=O) groups is 3. The standard InChI is InChI=1S/C26H23N5O4/c1-16-12-19(17(2)31(16)20-10-8-18(14-27)9-11-20)13-22-25(33)30(26(34)29-22)15-24(32)28-21-6-4-5-7-23(21)35-3/h4-13H,15H2,1-3H3,(H,28,32)(H,29,34)/b22-13+. The average molecular weight is 470 g/mol. The SMILES string of the molecule is COc1ccccc1NC(=O)CN1C(=O)N/C(=C/c2cc(C)n(-c3ccc(C#N)cc3)c2C)C1=O. The zero-order valence-corrected chi connectivity index (χ0v) is 19.5. The van der Waals surface area contributed by atoms with Gasteiger partial charge in [0.2, 0.25) is 5.91 Å². The molecule has 35 heavy (non-hydrogen) atoms. The summed E-state index contributed by atoms with van der Waals surface area (Å²) in [7, 11) is 1.48. The molecule has 0 bridgehead atoms. The van der Waals surface area contributed by atoms with E-state index >= 15 is 0 Å². The molecule has 0 saturated carbocycles. The number of anilines is 1. The Morgan fingerprint density at radius 3 is 2.54 bits per heavy atom. The Labute approximate surface area is 202 Å². The lowest BCUT2D eigenvalue weighted by atomic mass is 10.2. The number of urea groups is 1. The minimum atomic E-state index is -0.669. The summed E-state index contributed by atoms with van der Waals surface area (Å²) in [5, 5.41) is 14.2. The van der Waals surface area contributed by atoms with E-state index in [-0.39, 0.29) is 5.70 Å². The number of hydrogen-bond acceptors (Lipinski definition) is 5. The molecule has 9 nitrogen and oxygen atoms in total. The van der Waals surface area contributed by atoms with Crippen molar-refractivity contribution in [3.05, 3.63) is 82.8 Å². The number of nitrogens with one attached hydrogen (secondary N) is 2. The Bertz CT molecular complexity index is 1400. The molecular weight excluding hydrogens is 446 g/mol. The van der Waals surface area contributed by atoms with Gasteiger partial charge in [-0.05, 0) is 68.0 Å². The van der Waals surface area contributed by atoms with Crippen molar-refractivity contribution in [3.8, 4) is 17.5 Å². The van der Waals surface area contributed by atoms with Gasteiger partial charge in [-0.3, -0.25) is 9.59 Å². The van der Waals surface area contributed by atoms with E-state index < -0.39 is 24.4 Å². The van der Waals surface area contributed by atoms with Crippen molar-refractivity contribution in [3.63, 3.8) is 0 Å². The maximum atomic E-state index is 12.9. The molecule has 0 aliphatic carbocycles. The van der Waals surface area contributed by atoms with Crippen LogP contribution in [-0.4, -0.2) is 41.0 Å². The number of rotatable bonds is 6. The van der Waals surface area contributed by atoms with Crippen LogP contribution in [0.5, 0.6) is 5.75 Å². The first kappa shape index (κ1) is 23.3. The summed E-state index contributed by atoms with van der Waals surface area (Å²) in [4.78, 5) is 38.7. The third kappa shape index (κ3) is 4.63. The van der Waals surface area contributed by atoms with Crippen LogP contribution >= 0.6 is 0 Å². The molecule has 176 valence electrons. The maximum Gasteiger partial charge on any atom is 0.329 e. The van der Waals surface area contributed by atoms with E-state index in [0.717, 1.165) is 27.5 Å². The van der Waals surface area contributed by atoms with Crippen LogP contribution in [0.25, 0.3) is 11.8 Å². The average Bonchev–Trinajstić information content (AvgIpc) is 3.28. The molecule has 9 heteroatoms. The number of benzene rings is 2. The normalized spacial score (nSPS) is 14.1. The van der Waals surface area contributed by atoms with Crippen LogP contribution < -0.4 is 15.4 Å². The first-order chi connectivity index (χ1) is 16.8. The van der Waals surface area contributed by atoms with Gasteiger partial charge in [-0.15, -0.1) is 0 Å². The summed E-state index contributed by atoms with van der Waals surface area (Å²) in [6, 6.07) is 17.4. The van der Waals surface area contributed by atoms with E-state index in [9.17, 15) is 14.4 Å². The van der Waals surface area contributed by atoms with Gasteiger partial charge in [-0.1, -0.05) is 12.1 Å². The fourth-order valence-corrected chi connectivity index (χ4v) is 3.97. The second-order valence-electron chi connectivity index (χ2n) is 7.95. The number of hydrogen-bond donors (Lipinski definition) is 2. The largest absolute Gasteiger partial charge is 0.495 e. The van der Waals surface area contributed by atoms with Gasteiger partial charge in [0.1, 0.15) is 18.0 Å². The molecule has 0 unspecified atom stereocenters. The molecule has 4 amide bonds. The van der Waals surface area contributed by atoms with Gasteiger partial charge in [0.25, 0.3) is 5.91 Å². The zero-order valence-electron chi connectivity index (χ0n) is 19.5. The van der Waals surface area contributed by atoms with Crippen LogP contribution in [0, 0.1) is 25.2 Å². The summed E-state index contributed by atoms with van der Waals surface area (Å²) in [5.41, 5.74) is 4.49. The number of methoxy groups -OCH3 is 1. The van der Waals surface area contributed by atoms with E-state index in [1.807, 2.05) is 36.6 Å². The second kappa shape index (κ2) is 9.57. The predicted molar refractivity (Wildman–Crippen MR) is 130 cm³/mol. The van der Waals surface area contributed by atoms with Gasteiger partial charge in [0.05, 0.1) is 24.4 Å². The summed E-state index contributed by atoms with van der Waals surface area (Å²) >= 11 is 0. The maximum absolute atomic E-state index is 12.9. The van der Waals surface area contributed by atoms with E-state index in [2.05, 4.69) is 16.7 Å². The summed E-state index contributed by atoms with van der Waals surface area (Å²) in [5.74, 6) is -0.650. The molecule has 1 fully saturated rings. The molecule has 0 spiro atoms. The van der Waals surface area contributed by atoms with Crippen LogP contribution in [-0.2, 0) is 9.59 Å². The van der Waals surface area contributed by atoms with Crippen LogP contribution in [0.3, 0.4) is 0 Å². The Balaban J connectivity index is 1.53. The molecule has 1 aromatic heterocycles.